The maximum Gasteiger partial charge on any atom is 0.234 e. The van der Waals surface area contributed by atoms with E-state index < -0.39 is 5.92 Å². The van der Waals surface area contributed by atoms with Crippen LogP contribution in [0.25, 0.3) is 0 Å². The molecule has 1 rings (SSSR count). The lowest BCUT2D eigenvalue weighted by Gasteiger charge is -2.20. The third kappa shape index (κ3) is 3.29. The van der Waals surface area contributed by atoms with Crippen LogP contribution in [0.5, 0.6) is 0 Å². The Balaban J connectivity index is 2.97. The smallest absolute Gasteiger partial charge is 0.234 e. The molecule has 1 aromatic rings. The van der Waals surface area contributed by atoms with Gasteiger partial charge in [-0.25, -0.2) is 0 Å². The van der Waals surface area contributed by atoms with E-state index >= 15 is 0 Å². The second-order valence-corrected chi connectivity index (χ2v) is 5.35. The van der Waals surface area contributed by atoms with Gasteiger partial charge in [-0.3, -0.25) is 4.79 Å². The van der Waals surface area contributed by atoms with Crippen LogP contribution in [0.3, 0.4) is 0 Å². The fraction of sp³-hybridized carbons (Fsp3) is 0.429. The van der Waals surface area contributed by atoms with Crippen LogP contribution in [-0.2, 0) is 4.79 Å². The average Bonchev–Trinajstić information content (AvgIpc) is 2.22. The Hall–Kier alpha value is -1.42. The van der Waals surface area contributed by atoms with Crippen LogP contribution >= 0.6 is 12.2 Å². The first-order valence-electron chi connectivity index (χ1n) is 6.01. The fourth-order valence-corrected chi connectivity index (χ4v) is 2.35. The number of nitrogens with two attached hydrogens (primary N) is 1. The van der Waals surface area contributed by atoms with Crippen molar-refractivity contribution >= 4 is 28.8 Å². The van der Waals surface area contributed by atoms with E-state index in [4.69, 9.17) is 18.0 Å². The van der Waals surface area contributed by atoms with Crippen LogP contribution < -0.4 is 11.1 Å². The van der Waals surface area contributed by atoms with Gasteiger partial charge in [-0.1, -0.05) is 44.3 Å². The monoisotopic (exact) mass is 264 g/mol. The van der Waals surface area contributed by atoms with Gasteiger partial charge in [0.25, 0.3) is 0 Å². The van der Waals surface area contributed by atoms with E-state index in [9.17, 15) is 4.79 Å². The minimum atomic E-state index is -0.431. The van der Waals surface area contributed by atoms with E-state index in [1.807, 2.05) is 45.9 Å². The van der Waals surface area contributed by atoms with Gasteiger partial charge in [0.2, 0.25) is 5.91 Å². The molecule has 1 unspecified atom stereocenters. The molecule has 0 spiro atoms. The standard InChI is InChI=1S/C14H20N2OS/c1-8(2)11(13(15)18)14(17)16-12-9(3)6-5-7-10(12)4/h5-8,11H,1-4H3,(H2,15,18)(H,16,17). The second-order valence-electron chi connectivity index (χ2n) is 4.88. The summed E-state index contributed by atoms with van der Waals surface area (Å²) in [5.41, 5.74) is 8.56. The molecule has 0 saturated heterocycles. The van der Waals surface area contributed by atoms with Crippen molar-refractivity contribution in [1.29, 1.82) is 0 Å². The van der Waals surface area contributed by atoms with Crippen LogP contribution in [0.2, 0.25) is 0 Å². The van der Waals surface area contributed by atoms with Gasteiger partial charge in [0.1, 0.15) is 0 Å². The third-order valence-corrected chi connectivity index (χ3v) is 3.24. The maximum absolute atomic E-state index is 12.2. The molecule has 0 aromatic heterocycles. The molecule has 1 aromatic carbocycles. The molecule has 0 aliphatic carbocycles. The number of rotatable bonds is 4. The number of aryl methyl sites for hydroxylation is 2. The van der Waals surface area contributed by atoms with Crippen molar-refractivity contribution in [1.82, 2.24) is 0 Å². The fourth-order valence-electron chi connectivity index (χ4n) is 1.97. The van der Waals surface area contributed by atoms with Crippen LogP contribution in [0.1, 0.15) is 25.0 Å². The third-order valence-electron chi connectivity index (χ3n) is 2.98. The summed E-state index contributed by atoms with van der Waals surface area (Å²) in [4.78, 5) is 12.5. The highest BCUT2D eigenvalue weighted by molar-refractivity contribution is 7.80. The molecule has 0 saturated carbocycles. The first-order valence-corrected chi connectivity index (χ1v) is 6.41. The minimum absolute atomic E-state index is 0.0897. The van der Waals surface area contributed by atoms with E-state index in [0.717, 1.165) is 16.8 Å². The molecule has 3 nitrogen and oxygen atoms in total. The summed E-state index contributed by atoms with van der Waals surface area (Å²) in [5.74, 6) is -0.472. The number of thiocarbonyl (C=S) groups is 1. The van der Waals surface area contributed by atoms with Crippen molar-refractivity contribution in [2.75, 3.05) is 5.32 Å². The van der Waals surface area contributed by atoms with Crippen molar-refractivity contribution in [2.24, 2.45) is 17.6 Å². The topological polar surface area (TPSA) is 55.1 Å². The van der Waals surface area contributed by atoms with E-state index in [2.05, 4.69) is 5.32 Å². The minimum Gasteiger partial charge on any atom is -0.393 e. The zero-order valence-corrected chi connectivity index (χ0v) is 12.1. The van der Waals surface area contributed by atoms with Crippen molar-refractivity contribution in [2.45, 2.75) is 27.7 Å². The molecule has 0 aliphatic rings. The van der Waals surface area contributed by atoms with Crippen LogP contribution in [-0.4, -0.2) is 10.9 Å². The van der Waals surface area contributed by atoms with Gasteiger partial charge in [-0.2, -0.15) is 0 Å². The van der Waals surface area contributed by atoms with Gasteiger partial charge < -0.3 is 11.1 Å². The summed E-state index contributed by atoms with van der Waals surface area (Å²) >= 11 is 4.97. The number of hydrogen-bond acceptors (Lipinski definition) is 2. The molecule has 1 atom stereocenters. The van der Waals surface area contributed by atoms with Gasteiger partial charge in [0.05, 0.1) is 10.9 Å². The van der Waals surface area contributed by atoms with E-state index in [-0.39, 0.29) is 16.8 Å². The van der Waals surface area contributed by atoms with Gasteiger partial charge in [-0.15, -0.1) is 0 Å². The number of anilines is 1. The first-order chi connectivity index (χ1) is 8.34. The molecule has 0 fully saturated rings. The lowest BCUT2D eigenvalue weighted by Crippen LogP contribution is -2.37. The molecule has 0 aliphatic heterocycles. The first kappa shape index (κ1) is 14.6. The highest BCUT2D eigenvalue weighted by atomic mass is 32.1. The molecular weight excluding hydrogens is 244 g/mol. The van der Waals surface area contributed by atoms with Gasteiger partial charge >= 0.3 is 0 Å². The molecule has 0 bridgehead atoms. The summed E-state index contributed by atoms with van der Waals surface area (Å²) in [6, 6.07) is 5.90. The molecule has 4 heteroatoms. The van der Waals surface area contributed by atoms with E-state index in [0.29, 0.717) is 0 Å². The molecular formula is C14H20N2OS. The molecule has 3 N–H and O–H groups in total. The Kier molecular flexibility index (Phi) is 4.84. The summed E-state index contributed by atoms with van der Waals surface area (Å²) in [5, 5.41) is 2.93. The van der Waals surface area contributed by atoms with Crippen LogP contribution in [0.4, 0.5) is 5.69 Å². The van der Waals surface area contributed by atoms with Crippen molar-refractivity contribution in [3.8, 4) is 0 Å². The number of carbonyl (C=O) groups excluding carboxylic acids is 1. The number of para-hydroxylation sites is 1. The summed E-state index contributed by atoms with van der Waals surface area (Å²) < 4.78 is 0. The molecule has 1 amide bonds. The number of nitrogens with one attached hydrogen (secondary N) is 1. The van der Waals surface area contributed by atoms with Gasteiger partial charge in [-0.05, 0) is 30.9 Å². The molecule has 18 heavy (non-hydrogen) atoms. The largest absolute Gasteiger partial charge is 0.393 e. The summed E-state index contributed by atoms with van der Waals surface area (Å²) in [6.07, 6.45) is 0. The Morgan fingerprint density at radius 2 is 1.78 bits per heavy atom. The van der Waals surface area contributed by atoms with Gasteiger partial charge in [0.15, 0.2) is 0 Å². The molecule has 98 valence electrons. The zero-order chi connectivity index (χ0) is 13.9. The van der Waals surface area contributed by atoms with E-state index in [1.54, 1.807) is 0 Å². The maximum atomic E-state index is 12.2. The Labute approximate surface area is 114 Å². The average molecular weight is 264 g/mol. The normalized spacial score (nSPS) is 12.3. The lowest BCUT2D eigenvalue weighted by molar-refractivity contribution is -0.118. The Morgan fingerprint density at radius 3 is 2.17 bits per heavy atom. The van der Waals surface area contributed by atoms with Crippen molar-refractivity contribution < 1.29 is 4.79 Å². The Bertz CT molecular complexity index is 449. The zero-order valence-electron chi connectivity index (χ0n) is 11.3. The van der Waals surface area contributed by atoms with Gasteiger partial charge in [0, 0.05) is 5.69 Å². The number of amides is 1. The highest BCUT2D eigenvalue weighted by Gasteiger charge is 2.25. The van der Waals surface area contributed by atoms with Crippen LogP contribution in [0.15, 0.2) is 18.2 Å². The summed E-state index contributed by atoms with van der Waals surface area (Å²) in [6.45, 7) is 7.81. The van der Waals surface area contributed by atoms with Crippen molar-refractivity contribution in [3.63, 3.8) is 0 Å². The molecule has 0 radical (unpaired) electrons. The predicted octanol–water partition coefficient (Wildman–Crippen LogP) is 2.80. The second kappa shape index (κ2) is 5.96. The number of benzene rings is 1. The number of hydrogen-bond donors (Lipinski definition) is 2. The predicted molar refractivity (Wildman–Crippen MR) is 79.7 cm³/mol. The SMILES string of the molecule is Cc1cccc(C)c1NC(=O)C(C(N)=S)C(C)C. The quantitative estimate of drug-likeness (QED) is 0.822. The van der Waals surface area contributed by atoms with Crippen molar-refractivity contribution in [3.05, 3.63) is 29.3 Å². The lowest BCUT2D eigenvalue weighted by atomic mass is 9.94. The Morgan fingerprint density at radius 1 is 1.28 bits per heavy atom. The molecule has 0 heterocycles. The van der Waals surface area contributed by atoms with E-state index in [1.165, 1.54) is 0 Å². The number of carbonyl (C=O) groups is 1. The highest BCUT2D eigenvalue weighted by Crippen LogP contribution is 2.22. The van der Waals surface area contributed by atoms with Crippen LogP contribution in [0, 0.1) is 25.7 Å². The summed E-state index contributed by atoms with van der Waals surface area (Å²) in [7, 11) is 0.